The second-order valence-electron chi connectivity index (χ2n) is 6.62. The molecule has 0 aliphatic carbocycles. The molecule has 0 saturated heterocycles. The van der Waals surface area contributed by atoms with Crippen molar-refractivity contribution in [1.29, 1.82) is 0 Å². The quantitative estimate of drug-likeness (QED) is 0.379. The number of sulfonamides is 1. The monoisotopic (exact) mass is 486 g/mol. The van der Waals surface area contributed by atoms with Gasteiger partial charge in [0.25, 0.3) is 0 Å². The van der Waals surface area contributed by atoms with Crippen LogP contribution in [0, 0.1) is 0 Å². The van der Waals surface area contributed by atoms with Crippen molar-refractivity contribution in [1.82, 2.24) is 0 Å². The molecule has 14 heteroatoms. The molecule has 174 valence electrons. The van der Waals surface area contributed by atoms with Crippen LogP contribution < -0.4 is 9.21 Å². The third kappa shape index (κ3) is 6.71. The maximum Gasteiger partial charge on any atom is 0.397 e. The standard InChI is InChI=1S/C18H22N4O8S2/c1-21(2)16-6-4-5-15(18(23)24)17(16)20-19-13-7-9-14(10-8-13)22(3)31(25,26)12-11-30-32(27,28)29/h4-10H,11-12H2,1-3H3,(H,23,24)(H,27,28,29). The summed E-state index contributed by atoms with van der Waals surface area (Å²) >= 11 is 0. The topological polar surface area (TPSA) is 166 Å². The molecule has 0 aromatic heterocycles. The van der Waals surface area contributed by atoms with Crippen molar-refractivity contribution in [2.45, 2.75) is 0 Å². The van der Waals surface area contributed by atoms with Gasteiger partial charge in [0, 0.05) is 21.1 Å². The first-order valence-corrected chi connectivity index (χ1v) is 11.9. The Morgan fingerprint density at radius 1 is 1.00 bits per heavy atom. The van der Waals surface area contributed by atoms with Crippen molar-refractivity contribution in [2.24, 2.45) is 10.2 Å². The lowest BCUT2D eigenvalue weighted by Gasteiger charge is -2.19. The second-order valence-corrected chi connectivity index (χ2v) is 9.83. The molecule has 0 bridgehead atoms. The van der Waals surface area contributed by atoms with Gasteiger partial charge in [-0.15, -0.1) is 5.11 Å². The summed E-state index contributed by atoms with van der Waals surface area (Å²) < 4.78 is 59.1. The molecule has 2 N–H and O–H groups in total. The van der Waals surface area contributed by atoms with Gasteiger partial charge in [-0.05, 0) is 36.4 Å². The average Bonchev–Trinajstić information content (AvgIpc) is 2.70. The van der Waals surface area contributed by atoms with Gasteiger partial charge in [0.2, 0.25) is 10.0 Å². The maximum atomic E-state index is 12.3. The van der Waals surface area contributed by atoms with Gasteiger partial charge in [-0.25, -0.2) is 17.4 Å². The lowest BCUT2D eigenvalue weighted by molar-refractivity contribution is 0.0697. The highest BCUT2D eigenvalue weighted by Crippen LogP contribution is 2.33. The minimum absolute atomic E-state index is 0.0190. The zero-order valence-corrected chi connectivity index (χ0v) is 19.0. The minimum Gasteiger partial charge on any atom is -0.478 e. The van der Waals surface area contributed by atoms with Crippen molar-refractivity contribution in [3.05, 3.63) is 48.0 Å². The van der Waals surface area contributed by atoms with Gasteiger partial charge in [-0.2, -0.15) is 13.5 Å². The van der Waals surface area contributed by atoms with E-state index in [4.69, 9.17) is 4.55 Å². The van der Waals surface area contributed by atoms with Crippen LogP contribution in [0.3, 0.4) is 0 Å². The Hall–Kier alpha value is -3.07. The zero-order valence-electron chi connectivity index (χ0n) is 17.4. The molecule has 12 nitrogen and oxygen atoms in total. The van der Waals surface area contributed by atoms with Gasteiger partial charge in [-0.3, -0.25) is 8.86 Å². The third-order valence-corrected chi connectivity index (χ3v) is 6.39. The Morgan fingerprint density at radius 2 is 1.62 bits per heavy atom. The summed E-state index contributed by atoms with van der Waals surface area (Å²) in [6.07, 6.45) is 0. The number of carboxylic acids is 1. The summed E-state index contributed by atoms with van der Waals surface area (Å²) in [5, 5.41) is 17.5. The van der Waals surface area contributed by atoms with Crippen LogP contribution in [0.4, 0.5) is 22.7 Å². The highest BCUT2D eigenvalue weighted by Gasteiger charge is 2.20. The fraction of sp³-hybridized carbons (Fsp3) is 0.278. The first-order chi connectivity index (χ1) is 14.8. The number of carboxylic acid groups (broad SMARTS) is 1. The van der Waals surface area contributed by atoms with E-state index in [0.717, 1.165) is 4.31 Å². The Balaban J connectivity index is 2.22. The largest absolute Gasteiger partial charge is 0.478 e. The first kappa shape index (κ1) is 25.2. The number of carbonyl (C=O) groups is 1. The first-order valence-electron chi connectivity index (χ1n) is 8.96. The SMILES string of the molecule is CN(C)c1cccc(C(=O)O)c1N=Nc1ccc(N(C)S(=O)(=O)CCOS(=O)(=O)O)cc1. The van der Waals surface area contributed by atoms with Crippen LogP contribution in [0.5, 0.6) is 0 Å². The van der Waals surface area contributed by atoms with E-state index in [1.807, 2.05) is 0 Å². The van der Waals surface area contributed by atoms with Crippen LogP contribution >= 0.6 is 0 Å². The summed E-state index contributed by atoms with van der Waals surface area (Å²) in [4.78, 5) is 13.2. The predicted octanol–water partition coefficient (Wildman–Crippen LogP) is 2.45. The van der Waals surface area contributed by atoms with Crippen LogP contribution in [0.1, 0.15) is 10.4 Å². The van der Waals surface area contributed by atoms with Gasteiger partial charge in [0.1, 0.15) is 5.69 Å². The lowest BCUT2D eigenvalue weighted by Crippen LogP contribution is -2.31. The van der Waals surface area contributed by atoms with E-state index < -0.39 is 38.8 Å². The Kier molecular flexibility index (Phi) is 7.90. The molecular formula is C18H22N4O8S2. The molecule has 0 amide bonds. The Labute approximate surface area is 185 Å². The number of aromatic carboxylic acids is 1. The summed E-state index contributed by atoms with van der Waals surface area (Å²) in [5.41, 5.74) is 1.32. The van der Waals surface area contributed by atoms with Gasteiger partial charge in [0.15, 0.2) is 0 Å². The van der Waals surface area contributed by atoms with E-state index in [2.05, 4.69) is 14.4 Å². The number of hydrogen-bond acceptors (Lipinski definition) is 9. The molecule has 2 aromatic carbocycles. The average molecular weight is 487 g/mol. The molecule has 0 radical (unpaired) electrons. The van der Waals surface area contributed by atoms with Gasteiger partial charge >= 0.3 is 16.4 Å². The number of anilines is 2. The number of azo groups is 1. The third-order valence-electron chi connectivity index (χ3n) is 4.20. The molecule has 0 saturated carbocycles. The van der Waals surface area contributed by atoms with Crippen LogP contribution in [0.2, 0.25) is 0 Å². The fourth-order valence-electron chi connectivity index (χ4n) is 2.55. The van der Waals surface area contributed by atoms with Crippen LogP contribution in [-0.2, 0) is 24.6 Å². The van der Waals surface area contributed by atoms with Crippen molar-refractivity contribution >= 4 is 49.1 Å². The summed E-state index contributed by atoms with van der Waals surface area (Å²) in [6, 6.07) is 10.6. The molecule has 0 unspecified atom stereocenters. The fourth-order valence-corrected chi connectivity index (χ4v) is 3.96. The van der Waals surface area contributed by atoms with Crippen molar-refractivity contribution < 1.29 is 35.5 Å². The molecule has 32 heavy (non-hydrogen) atoms. The van der Waals surface area contributed by atoms with E-state index >= 15 is 0 Å². The highest BCUT2D eigenvalue weighted by molar-refractivity contribution is 7.92. The molecule has 0 spiro atoms. The Morgan fingerprint density at radius 3 is 2.16 bits per heavy atom. The van der Waals surface area contributed by atoms with Crippen molar-refractivity contribution in [3.8, 4) is 0 Å². The molecule has 0 atom stereocenters. The Bertz CT molecular complexity index is 1210. The van der Waals surface area contributed by atoms with Crippen LogP contribution in [0.25, 0.3) is 0 Å². The summed E-state index contributed by atoms with van der Waals surface area (Å²) in [5.74, 6) is -1.83. The van der Waals surface area contributed by atoms with Crippen molar-refractivity contribution in [2.75, 3.05) is 42.7 Å². The maximum absolute atomic E-state index is 12.3. The predicted molar refractivity (Wildman–Crippen MR) is 118 cm³/mol. The number of hydrogen-bond donors (Lipinski definition) is 2. The van der Waals surface area contributed by atoms with E-state index in [0.29, 0.717) is 11.4 Å². The van der Waals surface area contributed by atoms with Crippen molar-refractivity contribution in [3.63, 3.8) is 0 Å². The zero-order chi connectivity index (χ0) is 24.1. The van der Waals surface area contributed by atoms with E-state index in [1.165, 1.54) is 37.4 Å². The molecule has 2 rings (SSSR count). The molecule has 0 heterocycles. The molecule has 2 aromatic rings. The van der Waals surface area contributed by atoms with Crippen LogP contribution in [0.15, 0.2) is 52.7 Å². The minimum atomic E-state index is -4.73. The van der Waals surface area contributed by atoms with Gasteiger partial charge in [0.05, 0.1) is 35.0 Å². The highest BCUT2D eigenvalue weighted by atomic mass is 32.3. The molecule has 0 aliphatic heterocycles. The van der Waals surface area contributed by atoms with Crippen LogP contribution in [-0.4, -0.2) is 66.0 Å². The van der Waals surface area contributed by atoms with Gasteiger partial charge < -0.3 is 10.0 Å². The number of rotatable bonds is 10. The number of nitrogens with zero attached hydrogens (tertiary/aromatic N) is 4. The summed E-state index contributed by atoms with van der Waals surface area (Å²) in [6.45, 7) is -0.741. The number of benzene rings is 2. The molecule has 0 aliphatic rings. The molecular weight excluding hydrogens is 464 g/mol. The van der Waals surface area contributed by atoms with E-state index in [-0.39, 0.29) is 16.9 Å². The second kappa shape index (κ2) is 10.0. The van der Waals surface area contributed by atoms with Gasteiger partial charge in [-0.1, -0.05) is 6.07 Å². The van der Waals surface area contributed by atoms with E-state index in [9.17, 15) is 26.7 Å². The smallest absolute Gasteiger partial charge is 0.397 e. The van der Waals surface area contributed by atoms with E-state index in [1.54, 1.807) is 31.1 Å². The summed E-state index contributed by atoms with van der Waals surface area (Å²) in [7, 11) is -3.91. The molecule has 0 fully saturated rings. The lowest BCUT2D eigenvalue weighted by atomic mass is 10.1. The normalized spacial score (nSPS) is 12.1.